The summed E-state index contributed by atoms with van der Waals surface area (Å²) in [7, 11) is 0. The number of hydrogen-bond donors (Lipinski definition) is 2. The summed E-state index contributed by atoms with van der Waals surface area (Å²) in [6.07, 6.45) is 5.01. The van der Waals surface area contributed by atoms with Crippen molar-refractivity contribution in [1.82, 2.24) is 0 Å². The molecule has 0 spiro atoms. The van der Waals surface area contributed by atoms with Crippen LogP contribution in [0.1, 0.15) is 31.2 Å². The van der Waals surface area contributed by atoms with Crippen molar-refractivity contribution in [3.8, 4) is 0 Å². The Bertz CT molecular complexity index is 357. The van der Waals surface area contributed by atoms with E-state index >= 15 is 0 Å². The molecule has 88 valence electrons. The van der Waals surface area contributed by atoms with Crippen LogP contribution in [0.2, 0.25) is 5.02 Å². The maximum absolute atomic E-state index is 6.40. The molecule has 16 heavy (non-hydrogen) atoms. The fourth-order valence-electron chi connectivity index (χ4n) is 2.45. The molecule has 0 bridgehead atoms. The second kappa shape index (κ2) is 4.74. The summed E-state index contributed by atoms with van der Waals surface area (Å²) in [5.41, 5.74) is 13.4. The normalized spacial score (nSPS) is 30.3. The first-order valence-electron chi connectivity index (χ1n) is 5.86. The number of benzene rings is 1. The summed E-state index contributed by atoms with van der Waals surface area (Å²) in [6.45, 7) is 0. The highest BCUT2D eigenvalue weighted by Crippen LogP contribution is 2.29. The number of rotatable bonds is 2. The lowest BCUT2D eigenvalue weighted by atomic mass is 9.77. The Morgan fingerprint density at radius 1 is 1.31 bits per heavy atom. The minimum atomic E-state index is -0.0828. The molecule has 2 nitrogen and oxygen atoms in total. The van der Waals surface area contributed by atoms with Gasteiger partial charge in [-0.25, -0.2) is 0 Å². The van der Waals surface area contributed by atoms with Gasteiger partial charge in [-0.1, -0.05) is 23.7 Å². The fraction of sp³-hybridized carbons (Fsp3) is 0.538. The van der Waals surface area contributed by atoms with Crippen molar-refractivity contribution in [2.24, 2.45) is 11.5 Å². The van der Waals surface area contributed by atoms with Gasteiger partial charge in [0.2, 0.25) is 0 Å². The minimum Gasteiger partial charge on any atom is -0.328 e. The van der Waals surface area contributed by atoms with E-state index in [4.69, 9.17) is 23.1 Å². The molecule has 2 rings (SSSR count). The Morgan fingerprint density at radius 3 is 2.62 bits per heavy atom. The van der Waals surface area contributed by atoms with Crippen molar-refractivity contribution >= 4 is 11.6 Å². The summed E-state index contributed by atoms with van der Waals surface area (Å²) in [6, 6.07) is 8.32. The Labute approximate surface area is 102 Å². The van der Waals surface area contributed by atoms with E-state index in [-0.39, 0.29) is 5.54 Å². The summed E-state index contributed by atoms with van der Waals surface area (Å²) >= 11 is 5.97. The Balaban J connectivity index is 2.03. The van der Waals surface area contributed by atoms with Crippen LogP contribution >= 0.6 is 11.6 Å². The van der Waals surface area contributed by atoms with E-state index in [1.54, 1.807) is 0 Å². The average molecular weight is 239 g/mol. The summed E-state index contributed by atoms with van der Waals surface area (Å²) in [5, 5.41) is 0.786. The maximum atomic E-state index is 6.40. The standard InChI is InChI=1S/C13H19ClN2/c14-11-3-1-2-10(8-11)9-13(16)6-4-12(15)5-7-13/h1-3,8,12H,4-7,9,15-16H2. The van der Waals surface area contributed by atoms with E-state index < -0.39 is 0 Å². The SMILES string of the molecule is NC1CCC(N)(Cc2cccc(Cl)c2)CC1. The topological polar surface area (TPSA) is 52.0 Å². The molecule has 1 saturated carbocycles. The third-order valence-electron chi connectivity index (χ3n) is 3.47. The Kier molecular flexibility index (Phi) is 3.53. The van der Waals surface area contributed by atoms with Gasteiger partial charge < -0.3 is 11.5 Å². The second-order valence-corrected chi connectivity index (χ2v) is 5.44. The zero-order valence-electron chi connectivity index (χ0n) is 9.45. The zero-order valence-corrected chi connectivity index (χ0v) is 10.2. The lowest BCUT2D eigenvalue weighted by Gasteiger charge is -2.36. The van der Waals surface area contributed by atoms with E-state index in [2.05, 4.69) is 6.07 Å². The van der Waals surface area contributed by atoms with E-state index in [0.717, 1.165) is 37.1 Å². The van der Waals surface area contributed by atoms with Crippen LogP contribution < -0.4 is 11.5 Å². The smallest absolute Gasteiger partial charge is 0.0408 e. The van der Waals surface area contributed by atoms with Crippen LogP contribution in [-0.2, 0) is 6.42 Å². The van der Waals surface area contributed by atoms with Gasteiger partial charge in [-0.3, -0.25) is 0 Å². The molecule has 0 amide bonds. The monoisotopic (exact) mass is 238 g/mol. The highest BCUT2D eigenvalue weighted by atomic mass is 35.5. The van der Waals surface area contributed by atoms with Crippen LogP contribution in [0.3, 0.4) is 0 Å². The molecule has 0 aliphatic heterocycles. The van der Waals surface area contributed by atoms with Crippen LogP contribution in [0.25, 0.3) is 0 Å². The first-order valence-corrected chi connectivity index (χ1v) is 6.24. The molecule has 4 N–H and O–H groups in total. The van der Waals surface area contributed by atoms with Crippen LogP contribution in [0.5, 0.6) is 0 Å². The van der Waals surface area contributed by atoms with Crippen molar-refractivity contribution < 1.29 is 0 Å². The average Bonchev–Trinajstić information content (AvgIpc) is 2.23. The quantitative estimate of drug-likeness (QED) is 0.832. The first kappa shape index (κ1) is 11.9. The predicted molar refractivity (Wildman–Crippen MR) is 68.5 cm³/mol. The van der Waals surface area contributed by atoms with Gasteiger partial charge in [0.05, 0.1) is 0 Å². The number of nitrogens with two attached hydrogens (primary N) is 2. The van der Waals surface area contributed by atoms with Gasteiger partial charge >= 0.3 is 0 Å². The van der Waals surface area contributed by atoms with E-state index in [1.165, 1.54) is 5.56 Å². The highest BCUT2D eigenvalue weighted by molar-refractivity contribution is 6.30. The molecule has 1 aromatic rings. The third-order valence-corrected chi connectivity index (χ3v) is 3.71. The van der Waals surface area contributed by atoms with E-state index in [1.807, 2.05) is 18.2 Å². The van der Waals surface area contributed by atoms with Crippen molar-refractivity contribution in [3.63, 3.8) is 0 Å². The molecule has 0 radical (unpaired) electrons. The van der Waals surface area contributed by atoms with Crippen molar-refractivity contribution in [2.75, 3.05) is 0 Å². The van der Waals surface area contributed by atoms with E-state index in [9.17, 15) is 0 Å². The molecule has 1 aliphatic carbocycles. The predicted octanol–water partition coefficient (Wildman–Crippen LogP) is 2.48. The molecular weight excluding hydrogens is 220 g/mol. The van der Waals surface area contributed by atoms with Crippen LogP contribution in [-0.4, -0.2) is 11.6 Å². The number of hydrogen-bond acceptors (Lipinski definition) is 2. The summed E-state index contributed by atoms with van der Waals surface area (Å²) in [5.74, 6) is 0. The fourth-order valence-corrected chi connectivity index (χ4v) is 2.66. The molecule has 0 atom stereocenters. The molecule has 0 heterocycles. The largest absolute Gasteiger partial charge is 0.328 e. The van der Waals surface area contributed by atoms with Gasteiger partial charge in [0, 0.05) is 16.6 Å². The highest BCUT2D eigenvalue weighted by Gasteiger charge is 2.30. The molecule has 0 aromatic heterocycles. The zero-order chi connectivity index (χ0) is 11.6. The molecule has 1 aliphatic rings. The second-order valence-electron chi connectivity index (χ2n) is 5.01. The molecule has 1 aromatic carbocycles. The minimum absolute atomic E-state index is 0.0828. The Morgan fingerprint density at radius 2 is 2.00 bits per heavy atom. The van der Waals surface area contributed by atoms with Gasteiger partial charge in [-0.15, -0.1) is 0 Å². The molecule has 0 unspecified atom stereocenters. The van der Waals surface area contributed by atoms with Crippen LogP contribution in [0.15, 0.2) is 24.3 Å². The van der Waals surface area contributed by atoms with Crippen LogP contribution in [0.4, 0.5) is 0 Å². The van der Waals surface area contributed by atoms with E-state index in [0.29, 0.717) is 6.04 Å². The van der Waals surface area contributed by atoms with Gasteiger partial charge in [-0.05, 0) is 49.8 Å². The summed E-state index contributed by atoms with van der Waals surface area (Å²) < 4.78 is 0. The third kappa shape index (κ3) is 2.97. The van der Waals surface area contributed by atoms with Crippen molar-refractivity contribution in [3.05, 3.63) is 34.9 Å². The molecule has 3 heteroatoms. The summed E-state index contributed by atoms with van der Waals surface area (Å²) in [4.78, 5) is 0. The Hall–Kier alpha value is -0.570. The number of halogens is 1. The van der Waals surface area contributed by atoms with Crippen LogP contribution in [0, 0.1) is 0 Å². The van der Waals surface area contributed by atoms with Crippen molar-refractivity contribution in [2.45, 2.75) is 43.7 Å². The van der Waals surface area contributed by atoms with Gasteiger partial charge in [0.1, 0.15) is 0 Å². The van der Waals surface area contributed by atoms with Gasteiger partial charge in [0.25, 0.3) is 0 Å². The maximum Gasteiger partial charge on any atom is 0.0408 e. The first-order chi connectivity index (χ1) is 7.57. The van der Waals surface area contributed by atoms with Gasteiger partial charge in [-0.2, -0.15) is 0 Å². The van der Waals surface area contributed by atoms with Crippen molar-refractivity contribution in [1.29, 1.82) is 0 Å². The molecule has 1 fully saturated rings. The lowest BCUT2D eigenvalue weighted by Crippen LogP contribution is -2.47. The molecule has 0 saturated heterocycles. The lowest BCUT2D eigenvalue weighted by molar-refractivity contribution is 0.271. The molecular formula is C13H19ClN2. The van der Waals surface area contributed by atoms with Gasteiger partial charge in [0.15, 0.2) is 0 Å².